The Kier molecular flexibility index (Phi) is 2.51. The predicted octanol–water partition coefficient (Wildman–Crippen LogP) is 2.06. The molecule has 1 aromatic carbocycles. The molecule has 0 saturated carbocycles. The number of rotatable bonds is 1. The molecule has 2 aliphatic heterocycles. The molecule has 0 bridgehead atoms. The minimum atomic E-state index is -0.0413. The lowest BCUT2D eigenvalue weighted by Gasteiger charge is -2.09. The lowest BCUT2D eigenvalue weighted by Crippen LogP contribution is -2.22. The SMILES string of the molecule is N#Cc1cc(-c2ccc3c(c2)OCO3)c(=O)n2c1CCC2. The second-order valence-corrected chi connectivity index (χ2v) is 5.16. The van der Waals surface area contributed by atoms with Crippen LogP contribution >= 0.6 is 0 Å². The third kappa shape index (κ3) is 1.73. The summed E-state index contributed by atoms with van der Waals surface area (Å²) in [6, 6.07) is 9.31. The van der Waals surface area contributed by atoms with E-state index in [0.717, 1.165) is 24.1 Å². The number of pyridine rings is 1. The van der Waals surface area contributed by atoms with Crippen molar-refractivity contribution in [2.45, 2.75) is 19.4 Å². The normalized spacial score (nSPS) is 14.8. The van der Waals surface area contributed by atoms with Crippen LogP contribution in [0.25, 0.3) is 11.1 Å². The molecule has 5 nitrogen and oxygen atoms in total. The maximum absolute atomic E-state index is 12.6. The lowest BCUT2D eigenvalue weighted by atomic mass is 10.0. The molecule has 0 spiro atoms. The smallest absolute Gasteiger partial charge is 0.258 e. The number of benzene rings is 1. The molecular formula is C16H12N2O3. The van der Waals surface area contributed by atoms with Gasteiger partial charge in [0, 0.05) is 17.8 Å². The van der Waals surface area contributed by atoms with Crippen molar-refractivity contribution in [3.63, 3.8) is 0 Å². The quantitative estimate of drug-likeness (QED) is 0.802. The van der Waals surface area contributed by atoms with Crippen molar-refractivity contribution >= 4 is 0 Å². The number of ether oxygens (including phenoxy) is 2. The molecule has 0 radical (unpaired) electrons. The summed E-state index contributed by atoms with van der Waals surface area (Å²) in [6.07, 6.45) is 1.70. The summed E-state index contributed by atoms with van der Waals surface area (Å²) >= 11 is 0. The maximum Gasteiger partial charge on any atom is 0.258 e. The van der Waals surface area contributed by atoms with Crippen LogP contribution in [0.15, 0.2) is 29.1 Å². The molecule has 0 amide bonds. The topological polar surface area (TPSA) is 64.2 Å². The van der Waals surface area contributed by atoms with Gasteiger partial charge in [-0.2, -0.15) is 5.26 Å². The Morgan fingerprint density at radius 3 is 2.90 bits per heavy atom. The second kappa shape index (κ2) is 4.38. The third-order valence-electron chi connectivity index (χ3n) is 4.00. The Morgan fingerprint density at radius 2 is 2.05 bits per heavy atom. The van der Waals surface area contributed by atoms with Gasteiger partial charge in [0.25, 0.3) is 5.56 Å². The van der Waals surface area contributed by atoms with Gasteiger partial charge in [-0.1, -0.05) is 6.07 Å². The third-order valence-corrected chi connectivity index (χ3v) is 4.00. The Hall–Kier alpha value is -2.74. The van der Waals surface area contributed by atoms with Gasteiger partial charge < -0.3 is 14.0 Å². The molecule has 2 aromatic rings. The van der Waals surface area contributed by atoms with Gasteiger partial charge in [0.15, 0.2) is 11.5 Å². The molecule has 0 atom stereocenters. The molecule has 21 heavy (non-hydrogen) atoms. The number of aromatic nitrogens is 1. The number of nitriles is 1. The molecule has 0 N–H and O–H groups in total. The zero-order valence-electron chi connectivity index (χ0n) is 11.3. The van der Waals surface area contributed by atoms with Gasteiger partial charge >= 0.3 is 0 Å². The maximum atomic E-state index is 12.6. The highest BCUT2D eigenvalue weighted by atomic mass is 16.7. The molecule has 0 saturated heterocycles. The molecule has 104 valence electrons. The van der Waals surface area contributed by atoms with Crippen LogP contribution in [0.3, 0.4) is 0 Å². The van der Waals surface area contributed by atoms with Gasteiger partial charge in [0.05, 0.1) is 5.56 Å². The van der Waals surface area contributed by atoms with Crippen LogP contribution in [0.5, 0.6) is 11.5 Å². The van der Waals surface area contributed by atoms with Crippen LogP contribution in [0.2, 0.25) is 0 Å². The highest BCUT2D eigenvalue weighted by Crippen LogP contribution is 2.35. The standard InChI is InChI=1S/C16H12N2O3/c17-8-11-6-12(16(19)18-5-1-2-13(11)18)10-3-4-14-15(7-10)21-9-20-14/h3-4,6-7H,1-2,5,9H2. The molecule has 0 fully saturated rings. The van der Waals surface area contributed by atoms with Crippen LogP contribution in [-0.2, 0) is 13.0 Å². The van der Waals surface area contributed by atoms with E-state index in [0.29, 0.717) is 29.2 Å². The minimum absolute atomic E-state index is 0.0413. The highest BCUT2D eigenvalue weighted by molar-refractivity contribution is 5.68. The molecule has 2 aliphatic rings. The summed E-state index contributed by atoms with van der Waals surface area (Å²) in [5.41, 5.74) is 2.69. The number of nitrogens with zero attached hydrogens (tertiary/aromatic N) is 2. The summed E-state index contributed by atoms with van der Waals surface area (Å²) in [6.45, 7) is 0.882. The van der Waals surface area contributed by atoms with Crippen molar-refractivity contribution in [2.24, 2.45) is 0 Å². The van der Waals surface area contributed by atoms with Crippen molar-refractivity contribution in [3.8, 4) is 28.7 Å². The minimum Gasteiger partial charge on any atom is -0.454 e. The molecule has 4 rings (SSSR count). The van der Waals surface area contributed by atoms with E-state index in [9.17, 15) is 10.1 Å². The fraction of sp³-hybridized carbons (Fsp3) is 0.250. The van der Waals surface area contributed by atoms with E-state index in [4.69, 9.17) is 9.47 Å². The molecular weight excluding hydrogens is 268 g/mol. The van der Waals surface area contributed by atoms with E-state index >= 15 is 0 Å². The van der Waals surface area contributed by atoms with E-state index in [1.807, 2.05) is 6.07 Å². The molecule has 3 heterocycles. The van der Waals surface area contributed by atoms with Gasteiger partial charge in [-0.05, 0) is 36.6 Å². The Morgan fingerprint density at radius 1 is 1.19 bits per heavy atom. The molecule has 0 aliphatic carbocycles. The summed E-state index contributed by atoms with van der Waals surface area (Å²) in [5.74, 6) is 1.32. The zero-order chi connectivity index (χ0) is 14.4. The summed E-state index contributed by atoms with van der Waals surface area (Å²) in [4.78, 5) is 12.6. The fourth-order valence-electron chi connectivity index (χ4n) is 2.98. The molecule has 1 aromatic heterocycles. The monoisotopic (exact) mass is 280 g/mol. The van der Waals surface area contributed by atoms with Gasteiger partial charge in [-0.25, -0.2) is 0 Å². The van der Waals surface area contributed by atoms with Crippen LogP contribution in [0, 0.1) is 11.3 Å². The Labute approximate surface area is 121 Å². The fourth-order valence-corrected chi connectivity index (χ4v) is 2.98. The van der Waals surface area contributed by atoms with Crippen LogP contribution in [-0.4, -0.2) is 11.4 Å². The Balaban J connectivity index is 1.94. The van der Waals surface area contributed by atoms with E-state index in [1.54, 1.807) is 22.8 Å². The first-order chi connectivity index (χ1) is 10.3. The van der Waals surface area contributed by atoms with E-state index in [-0.39, 0.29) is 12.4 Å². The zero-order valence-corrected chi connectivity index (χ0v) is 11.3. The van der Waals surface area contributed by atoms with Crippen LogP contribution < -0.4 is 15.0 Å². The first kappa shape index (κ1) is 12.0. The summed E-state index contributed by atoms with van der Waals surface area (Å²) in [5, 5.41) is 9.31. The van der Waals surface area contributed by atoms with Crippen molar-refractivity contribution in [2.75, 3.05) is 6.79 Å². The van der Waals surface area contributed by atoms with Gasteiger partial charge in [-0.3, -0.25) is 4.79 Å². The molecule has 0 unspecified atom stereocenters. The predicted molar refractivity (Wildman–Crippen MR) is 75.3 cm³/mol. The average molecular weight is 280 g/mol. The van der Waals surface area contributed by atoms with Crippen LogP contribution in [0.1, 0.15) is 17.7 Å². The van der Waals surface area contributed by atoms with Crippen LogP contribution in [0.4, 0.5) is 0 Å². The van der Waals surface area contributed by atoms with Gasteiger partial charge in [-0.15, -0.1) is 0 Å². The van der Waals surface area contributed by atoms with Crippen molar-refractivity contribution in [1.82, 2.24) is 4.57 Å². The highest BCUT2D eigenvalue weighted by Gasteiger charge is 2.21. The number of fused-ring (bicyclic) bond motifs is 2. The molecule has 5 heteroatoms. The summed E-state index contributed by atoms with van der Waals surface area (Å²) < 4.78 is 12.4. The lowest BCUT2D eigenvalue weighted by molar-refractivity contribution is 0.174. The van der Waals surface area contributed by atoms with Gasteiger partial charge in [0.2, 0.25) is 6.79 Å². The average Bonchev–Trinajstić information content (AvgIpc) is 3.16. The summed E-state index contributed by atoms with van der Waals surface area (Å²) in [7, 11) is 0. The number of hydrogen-bond donors (Lipinski definition) is 0. The van der Waals surface area contributed by atoms with E-state index in [2.05, 4.69) is 6.07 Å². The Bertz CT molecular complexity index is 846. The first-order valence-electron chi connectivity index (χ1n) is 6.85. The van der Waals surface area contributed by atoms with Crippen molar-refractivity contribution in [1.29, 1.82) is 5.26 Å². The number of hydrogen-bond acceptors (Lipinski definition) is 4. The van der Waals surface area contributed by atoms with Crippen molar-refractivity contribution < 1.29 is 9.47 Å². The first-order valence-corrected chi connectivity index (χ1v) is 6.85. The van der Waals surface area contributed by atoms with Gasteiger partial charge in [0.1, 0.15) is 6.07 Å². The second-order valence-electron chi connectivity index (χ2n) is 5.16. The largest absolute Gasteiger partial charge is 0.454 e. The van der Waals surface area contributed by atoms with Crippen molar-refractivity contribution in [3.05, 3.63) is 45.9 Å². The van der Waals surface area contributed by atoms with E-state index < -0.39 is 0 Å². The van der Waals surface area contributed by atoms with E-state index in [1.165, 1.54) is 0 Å².